The number of nitrogens with one attached hydrogen (secondary N) is 1. The van der Waals surface area contributed by atoms with Gasteiger partial charge in [0.25, 0.3) is 0 Å². The molecule has 0 atom stereocenters. The summed E-state index contributed by atoms with van der Waals surface area (Å²) >= 11 is 21.1. The number of benzene rings is 4. The van der Waals surface area contributed by atoms with Crippen molar-refractivity contribution >= 4 is 97.0 Å². The van der Waals surface area contributed by atoms with Gasteiger partial charge in [-0.3, -0.25) is 24.1 Å². The van der Waals surface area contributed by atoms with E-state index in [4.69, 9.17) is 52.1 Å². The molecule has 0 radical (unpaired) electrons. The normalized spacial score (nSPS) is 12.0. The third-order valence-corrected chi connectivity index (χ3v) is 6.44. The van der Waals surface area contributed by atoms with Crippen LogP contribution in [0.25, 0.3) is 0 Å². The number of para-hydroxylation sites is 3. The van der Waals surface area contributed by atoms with E-state index in [1.165, 1.54) is 0 Å². The van der Waals surface area contributed by atoms with Crippen molar-refractivity contribution < 1.29 is 19.2 Å². The molecule has 1 amide bonds. The van der Waals surface area contributed by atoms with Gasteiger partial charge in [0, 0.05) is 27.8 Å². The van der Waals surface area contributed by atoms with Crippen LogP contribution in [-0.4, -0.2) is 22.2 Å². The van der Waals surface area contributed by atoms with E-state index >= 15 is 0 Å². The summed E-state index contributed by atoms with van der Waals surface area (Å²) in [5.41, 5.74) is 10.8. The summed E-state index contributed by atoms with van der Waals surface area (Å²) in [7, 11) is 0. The zero-order valence-corrected chi connectivity index (χ0v) is 25.1. The molecule has 3 N–H and O–H groups in total. The minimum absolute atomic E-state index is 0.0566. The smallest absolute Gasteiger partial charge is 0.239 e. The van der Waals surface area contributed by atoms with Crippen LogP contribution in [0.4, 0.5) is 28.4 Å². The number of nitrogens with zero attached hydrogens (tertiary/aromatic N) is 1. The lowest BCUT2D eigenvalue weighted by Gasteiger charge is -2.22. The van der Waals surface area contributed by atoms with E-state index < -0.39 is 10.5 Å². The molecule has 1 aliphatic rings. The number of hydrogen-bond donors (Lipinski definition) is 2. The Bertz CT molecular complexity index is 1550. The molecule has 216 valence electrons. The number of carbonyl (C=O) groups excluding carboxylic acids is 4. The van der Waals surface area contributed by atoms with Gasteiger partial charge in [0.15, 0.2) is 0 Å². The number of hydrogen-bond acceptors (Lipinski definition) is 6. The zero-order valence-electron chi connectivity index (χ0n) is 22.0. The summed E-state index contributed by atoms with van der Waals surface area (Å²) in [6, 6.07) is 29.7. The van der Waals surface area contributed by atoms with Gasteiger partial charge in [-0.25, -0.2) is 0 Å². The fourth-order valence-electron chi connectivity index (χ4n) is 3.82. The standard InChI is InChI=1S/C16H12ClNO2.C12H11ClN2.C3H2Cl2O2/c17-12-5-7-13(8-6-12)18-15-4-2-1-3-11(15)9-14(19)10-16(18)20;13-9-5-7-10(8-6-9)15-12-4-2-1-3-11(12)14;4-2(6)1-3(5)7/h1-8H,9-10H2;1-8,15H,14H2;1H2. The van der Waals surface area contributed by atoms with Crippen molar-refractivity contribution in [1.82, 2.24) is 0 Å². The summed E-state index contributed by atoms with van der Waals surface area (Å²) in [6.07, 6.45) is -0.160. The summed E-state index contributed by atoms with van der Waals surface area (Å²) < 4.78 is 0. The summed E-state index contributed by atoms with van der Waals surface area (Å²) in [4.78, 5) is 45.2. The van der Waals surface area contributed by atoms with Crippen molar-refractivity contribution in [3.63, 3.8) is 0 Å². The van der Waals surface area contributed by atoms with Crippen LogP contribution in [-0.2, 0) is 25.6 Å². The van der Waals surface area contributed by atoms with Gasteiger partial charge in [-0.05, 0) is 95.5 Å². The average Bonchev–Trinajstić information content (AvgIpc) is 3.06. The second-order valence-corrected chi connectivity index (χ2v) is 10.5. The van der Waals surface area contributed by atoms with Gasteiger partial charge in [-0.15, -0.1) is 0 Å². The predicted octanol–water partition coefficient (Wildman–Crippen LogP) is 8.09. The first-order chi connectivity index (χ1) is 20.0. The molecule has 42 heavy (non-hydrogen) atoms. The Morgan fingerprint density at radius 3 is 1.86 bits per heavy atom. The Kier molecular flexibility index (Phi) is 12.4. The van der Waals surface area contributed by atoms with E-state index in [2.05, 4.69) is 5.32 Å². The first-order valence-electron chi connectivity index (χ1n) is 12.5. The molecule has 0 spiro atoms. The van der Waals surface area contributed by atoms with Gasteiger partial charge < -0.3 is 11.1 Å². The van der Waals surface area contributed by atoms with Crippen molar-refractivity contribution in [1.29, 1.82) is 0 Å². The van der Waals surface area contributed by atoms with Gasteiger partial charge in [0.05, 0.1) is 29.9 Å². The quantitative estimate of drug-likeness (QED) is 0.129. The topological polar surface area (TPSA) is 110 Å². The van der Waals surface area contributed by atoms with E-state index in [0.29, 0.717) is 11.4 Å². The lowest BCUT2D eigenvalue weighted by atomic mass is 10.1. The number of amides is 1. The molecule has 7 nitrogen and oxygen atoms in total. The molecule has 4 aromatic carbocycles. The van der Waals surface area contributed by atoms with E-state index in [9.17, 15) is 19.2 Å². The Morgan fingerprint density at radius 2 is 1.29 bits per heavy atom. The summed E-state index contributed by atoms with van der Waals surface area (Å²) in [5.74, 6) is -0.263. The molecule has 5 rings (SSSR count). The molecule has 0 aliphatic carbocycles. The highest BCUT2D eigenvalue weighted by Gasteiger charge is 2.27. The molecule has 0 aromatic heterocycles. The number of fused-ring (bicyclic) bond motifs is 1. The highest BCUT2D eigenvalue weighted by atomic mass is 35.5. The number of nitrogens with two attached hydrogens (primary N) is 1. The van der Waals surface area contributed by atoms with Crippen molar-refractivity contribution in [2.24, 2.45) is 0 Å². The zero-order chi connectivity index (χ0) is 30.6. The van der Waals surface area contributed by atoms with Gasteiger partial charge >= 0.3 is 0 Å². The van der Waals surface area contributed by atoms with E-state index in [0.717, 1.165) is 39.0 Å². The molecular weight excluding hydrogens is 620 g/mol. The minimum Gasteiger partial charge on any atom is -0.397 e. The molecule has 1 heterocycles. The van der Waals surface area contributed by atoms with Crippen molar-refractivity contribution in [2.45, 2.75) is 19.3 Å². The van der Waals surface area contributed by atoms with Gasteiger partial charge in [0.1, 0.15) is 5.78 Å². The van der Waals surface area contributed by atoms with Gasteiger partial charge in [0.2, 0.25) is 16.4 Å². The van der Waals surface area contributed by atoms with Crippen LogP contribution in [0, 0.1) is 0 Å². The molecule has 0 fully saturated rings. The summed E-state index contributed by atoms with van der Waals surface area (Å²) in [6.45, 7) is 0. The lowest BCUT2D eigenvalue weighted by Crippen LogP contribution is -2.26. The Labute approximate surface area is 263 Å². The number of rotatable bonds is 5. The first kappa shape index (κ1) is 32.6. The molecular formula is C31H25Cl4N3O4. The number of nitrogen functional groups attached to an aromatic ring is 1. The fraction of sp³-hybridized carbons (Fsp3) is 0.0968. The van der Waals surface area contributed by atoms with Crippen LogP contribution in [0.15, 0.2) is 97.1 Å². The van der Waals surface area contributed by atoms with E-state index in [1.54, 1.807) is 29.2 Å². The van der Waals surface area contributed by atoms with Gasteiger partial charge in [-0.2, -0.15) is 0 Å². The van der Waals surface area contributed by atoms with Crippen LogP contribution in [0.5, 0.6) is 0 Å². The van der Waals surface area contributed by atoms with Crippen molar-refractivity contribution in [3.05, 3.63) is 113 Å². The number of carbonyl (C=O) groups is 4. The highest BCUT2D eigenvalue weighted by Crippen LogP contribution is 2.33. The monoisotopic (exact) mass is 643 g/mol. The number of halogens is 4. The van der Waals surface area contributed by atoms with E-state index in [-0.39, 0.29) is 24.5 Å². The highest BCUT2D eigenvalue weighted by molar-refractivity contribution is 6.72. The minimum atomic E-state index is -0.722. The first-order valence-corrected chi connectivity index (χ1v) is 14.0. The van der Waals surface area contributed by atoms with Crippen LogP contribution in [0.3, 0.4) is 0 Å². The SMILES string of the molecule is Nc1ccccc1Nc1ccc(Cl)cc1.O=C(Cl)CC(=O)Cl.O=C1CC(=O)N(c2ccc(Cl)cc2)c2ccccc2C1. The second kappa shape index (κ2) is 15.9. The largest absolute Gasteiger partial charge is 0.397 e. The molecule has 0 saturated heterocycles. The summed E-state index contributed by atoms with van der Waals surface area (Å²) in [5, 5.41) is 3.11. The molecule has 0 bridgehead atoms. The van der Waals surface area contributed by atoms with Crippen LogP contribution in [0.2, 0.25) is 10.0 Å². The fourth-order valence-corrected chi connectivity index (χ4v) is 4.38. The maximum atomic E-state index is 12.3. The predicted molar refractivity (Wildman–Crippen MR) is 170 cm³/mol. The Hall–Kier alpha value is -3.88. The number of ketones is 1. The number of Topliss-reactive ketones (excluding diaryl/α,β-unsaturated/α-hetero) is 1. The molecule has 0 unspecified atom stereocenters. The second-order valence-electron chi connectivity index (χ2n) is 8.83. The van der Waals surface area contributed by atoms with Crippen molar-refractivity contribution in [3.8, 4) is 0 Å². The Morgan fingerprint density at radius 1 is 0.738 bits per heavy atom. The van der Waals surface area contributed by atoms with Crippen molar-refractivity contribution in [2.75, 3.05) is 16.0 Å². The van der Waals surface area contributed by atoms with Crippen LogP contribution >= 0.6 is 46.4 Å². The average molecular weight is 645 g/mol. The molecule has 1 aliphatic heterocycles. The molecule has 11 heteroatoms. The van der Waals surface area contributed by atoms with E-state index in [1.807, 2.05) is 72.8 Å². The van der Waals surface area contributed by atoms with Crippen LogP contribution in [0.1, 0.15) is 18.4 Å². The maximum absolute atomic E-state index is 12.3. The Balaban J connectivity index is 0.000000194. The lowest BCUT2D eigenvalue weighted by molar-refractivity contribution is -0.126. The van der Waals surface area contributed by atoms with Gasteiger partial charge in [-0.1, -0.05) is 53.5 Å². The third kappa shape index (κ3) is 10.2. The number of anilines is 5. The van der Waals surface area contributed by atoms with Crippen LogP contribution < -0.4 is 16.0 Å². The molecule has 4 aromatic rings. The molecule has 0 saturated carbocycles. The maximum Gasteiger partial charge on any atom is 0.239 e. The third-order valence-electron chi connectivity index (χ3n) is 5.66.